The van der Waals surface area contributed by atoms with E-state index in [1.54, 1.807) is 0 Å². The van der Waals surface area contributed by atoms with Crippen molar-refractivity contribution < 1.29 is 4.74 Å². The number of ether oxygens (including phenoxy) is 1. The summed E-state index contributed by atoms with van der Waals surface area (Å²) >= 11 is 5.31. The van der Waals surface area contributed by atoms with Gasteiger partial charge >= 0.3 is 0 Å². The molecule has 1 aliphatic heterocycles. The van der Waals surface area contributed by atoms with Crippen LogP contribution in [-0.2, 0) is 11.3 Å². The molecule has 4 heteroatoms. The van der Waals surface area contributed by atoms with Gasteiger partial charge in [-0.2, -0.15) is 0 Å². The second-order valence-corrected chi connectivity index (χ2v) is 5.49. The van der Waals surface area contributed by atoms with Crippen molar-refractivity contribution >= 4 is 27.7 Å². The molecule has 0 aromatic heterocycles. The SMILES string of the molecule is NCc1cc(Br)ccc1SC1COC1. The van der Waals surface area contributed by atoms with Crippen molar-refractivity contribution in [1.29, 1.82) is 0 Å². The van der Waals surface area contributed by atoms with Crippen LogP contribution in [0.3, 0.4) is 0 Å². The number of rotatable bonds is 3. The van der Waals surface area contributed by atoms with E-state index < -0.39 is 0 Å². The van der Waals surface area contributed by atoms with E-state index in [2.05, 4.69) is 34.1 Å². The van der Waals surface area contributed by atoms with E-state index in [4.69, 9.17) is 10.5 Å². The van der Waals surface area contributed by atoms with Crippen molar-refractivity contribution in [2.24, 2.45) is 5.73 Å². The third kappa shape index (κ3) is 2.31. The maximum absolute atomic E-state index is 5.69. The fourth-order valence-electron chi connectivity index (χ4n) is 1.28. The molecule has 1 saturated heterocycles. The van der Waals surface area contributed by atoms with Crippen LogP contribution in [0.15, 0.2) is 27.6 Å². The Morgan fingerprint density at radius 2 is 2.29 bits per heavy atom. The molecular formula is C10H12BrNOS. The van der Waals surface area contributed by atoms with Gasteiger partial charge in [0.1, 0.15) is 0 Å². The van der Waals surface area contributed by atoms with E-state index >= 15 is 0 Å². The third-order valence-electron chi connectivity index (χ3n) is 2.14. The van der Waals surface area contributed by atoms with Crippen LogP contribution >= 0.6 is 27.7 Å². The number of hydrogen-bond acceptors (Lipinski definition) is 3. The molecule has 2 N–H and O–H groups in total. The molecule has 1 heterocycles. The van der Waals surface area contributed by atoms with Crippen LogP contribution in [0, 0.1) is 0 Å². The highest BCUT2D eigenvalue weighted by Gasteiger charge is 2.20. The summed E-state index contributed by atoms with van der Waals surface area (Å²) in [7, 11) is 0. The Bertz CT molecular complexity index is 328. The van der Waals surface area contributed by atoms with E-state index in [1.165, 1.54) is 10.5 Å². The van der Waals surface area contributed by atoms with Crippen LogP contribution in [0.1, 0.15) is 5.56 Å². The summed E-state index contributed by atoms with van der Waals surface area (Å²) in [4.78, 5) is 1.28. The number of hydrogen-bond donors (Lipinski definition) is 1. The minimum absolute atomic E-state index is 0.593. The lowest BCUT2D eigenvalue weighted by atomic mass is 10.2. The number of halogens is 1. The molecule has 1 aromatic rings. The molecule has 0 saturated carbocycles. The predicted octanol–water partition coefficient (Wildman–Crippen LogP) is 2.40. The minimum atomic E-state index is 0.593. The van der Waals surface area contributed by atoms with Crippen LogP contribution < -0.4 is 5.73 Å². The van der Waals surface area contributed by atoms with Crippen molar-refractivity contribution in [3.8, 4) is 0 Å². The number of thioether (sulfide) groups is 1. The zero-order valence-corrected chi connectivity index (χ0v) is 10.1. The molecule has 0 atom stereocenters. The normalized spacial score (nSPS) is 16.7. The van der Waals surface area contributed by atoms with E-state index in [0.29, 0.717) is 11.8 Å². The van der Waals surface area contributed by atoms with Gasteiger partial charge in [-0.3, -0.25) is 0 Å². The monoisotopic (exact) mass is 273 g/mol. The molecule has 76 valence electrons. The molecule has 14 heavy (non-hydrogen) atoms. The second kappa shape index (κ2) is 4.66. The fourth-order valence-corrected chi connectivity index (χ4v) is 2.82. The minimum Gasteiger partial charge on any atom is -0.379 e. The standard InChI is InChI=1S/C10H12BrNOS/c11-8-1-2-10(7(3-8)4-12)14-9-5-13-6-9/h1-3,9H,4-6,12H2. The Balaban J connectivity index is 2.14. The van der Waals surface area contributed by atoms with Crippen LogP contribution in [-0.4, -0.2) is 18.5 Å². The van der Waals surface area contributed by atoms with Gasteiger partial charge in [0.25, 0.3) is 0 Å². The summed E-state index contributed by atoms with van der Waals surface area (Å²) in [6.07, 6.45) is 0. The van der Waals surface area contributed by atoms with Crippen molar-refractivity contribution in [3.63, 3.8) is 0 Å². The smallest absolute Gasteiger partial charge is 0.0611 e. The van der Waals surface area contributed by atoms with Gasteiger partial charge in [0, 0.05) is 15.9 Å². The Morgan fingerprint density at radius 3 is 2.86 bits per heavy atom. The number of benzene rings is 1. The number of nitrogens with two attached hydrogens (primary N) is 1. The maximum atomic E-state index is 5.69. The van der Waals surface area contributed by atoms with Gasteiger partial charge in [-0.05, 0) is 23.8 Å². The lowest BCUT2D eigenvalue weighted by molar-refractivity contribution is 0.0455. The third-order valence-corrected chi connectivity index (χ3v) is 3.89. The summed E-state index contributed by atoms with van der Waals surface area (Å²) in [6.45, 7) is 2.32. The predicted molar refractivity (Wildman–Crippen MR) is 62.5 cm³/mol. The van der Waals surface area contributed by atoms with Gasteiger partial charge in [-0.1, -0.05) is 15.9 Å². The molecule has 0 amide bonds. The molecule has 0 radical (unpaired) electrons. The largest absolute Gasteiger partial charge is 0.379 e. The molecule has 2 rings (SSSR count). The van der Waals surface area contributed by atoms with Crippen LogP contribution in [0.4, 0.5) is 0 Å². The highest BCUT2D eigenvalue weighted by atomic mass is 79.9. The Morgan fingerprint density at radius 1 is 1.50 bits per heavy atom. The van der Waals surface area contributed by atoms with Crippen molar-refractivity contribution in [2.45, 2.75) is 16.7 Å². The zero-order valence-electron chi connectivity index (χ0n) is 7.70. The first-order valence-electron chi connectivity index (χ1n) is 4.52. The van der Waals surface area contributed by atoms with Crippen molar-refractivity contribution in [1.82, 2.24) is 0 Å². The van der Waals surface area contributed by atoms with Gasteiger partial charge < -0.3 is 10.5 Å². The first-order valence-corrected chi connectivity index (χ1v) is 6.20. The van der Waals surface area contributed by atoms with Crippen molar-refractivity contribution in [3.05, 3.63) is 28.2 Å². The van der Waals surface area contributed by atoms with Crippen molar-refractivity contribution in [2.75, 3.05) is 13.2 Å². The second-order valence-electron chi connectivity index (χ2n) is 3.23. The first-order chi connectivity index (χ1) is 6.79. The highest BCUT2D eigenvalue weighted by Crippen LogP contribution is 2.31. The van der Waals surface area contributed by atoms with Gasteiger partial charge in [0.15, 0.2) is 0 Å². The lowest BCUT2D eigenvalue weighted by Gasteiger charge is -2.26. The zero-order chi connectivity index (χ0) is 9.97. The molecule has 2 nitrogen and oxygen atoms in total. The highest BCUT2D eigenvalue weighted by molar-refractivity contribution is 9.10. The van der Waals surface area contributed by atoms with Gasteiger partial charge in [-0.15, -0.1) is 11.8 Å². The van der Waals surface area contributed by atoms with Gasteiger partial charge in [0.05, 0.1) is 18.5 Å². The summed E-state index contributed by atoms with van der Waals surface area (Å²) in [5, 5.41) is 0.612. The summed E-state index contributed by atoms with van der Waals surface area (Å²) in [5.41, 5.74) is 6.89. The Labute approximate surface area is 96.3 Å². The average molecular weight is 274 g/mol. The van der Waals surface area contributed by atoms with E-state index in [9.17, 15) is 0 Å². The average Bonchev–Trinajstić information content (AvgIpc) is 2.13. The molecule has 0 aliphatic carbocycles. The van der Waals surface area contributed by atoms with E-state index in [0.717, 1.165) is 17.7 Å². The molecular weight excluding hydrogens is 262 g/mol. The Hall–Kier alpha value is -0.0300. The Kier molecular flexibility index (Phi) is 3.49. The molecule has 1 aromatic carbocycles. The van der Waals surface area contributed by atoms with Crippen LogP contribution in [0.25, 0.3) is 0 Å². The molecule has 1 aliphatic rings. The summed E-state index contributed by atoms with van der Waals surface area (Å²) in [5.74, 6) is 0. The van der Waals surface area contributed by atoms with Gasteiger partial charge in [-0.25, -0.2) is 0 Å². The quantitative estimate of drug-likeness (QED) is 0.919. The van der Waals surface area contributed by atoms with Gasteiger partial charge in [0.2, 0.25) is 0 Å². The van der Waals surface area contributed by atoms with E-state index in [1.807, 2.05) is 11.8 Å². The summed E-state index contributed by atoms with van der Waals surface area (Å²) < 4.78 is 6.23. The van der Waals surface area contributed by atoms with E-state index in [-0.39, 0.29) is 0 Å². The lowest BCUT2D eigenvalue weighted by Crippen LogP contribution is -2.30. The topological polar surface area (TPSA) is 35.2 Å². The fraction of sp³-hybridized carbons (Fsp3) is 0.400. The molecule has 1 fully saturated rings. The summed E-state index contributed by atoms with van der Waals surface area (Å²) in [6, 6.07) is 6.26. The molecule has 0 bridgehead atoms. The van der Waals surface area contributed by atoms with Crippen LogP contribution in [0.5, 0.6) is 0 Å². The molecule has 0 unspecified atom stereocenters. The molecule has 0 spiro atoms. The maximum Gasteiger partial charge on any atom is 0.0611 e. The van der Waals surface area contributed by atoms with Crippen LogP contribution in [0.2, 0.25) is 0 Å². The first kappa shape index (κ1) is 10.5.